The third kappa shape index (κ3) is 8.04. The number of para-hydroxylation sites is 1. The molecule has 1 aliphatic carbocycles. The lowest BCUT2D eigenvalue weighted by Crippen LogP contribution is -2.47. The summed E-state index contributed by atoms with van der Waals surface area (Å²) in [5.41, 5.74) is 5.73. The van der Waals surface area contributed by atoms with E-state index < -0.39 is 0 Å². The summed E-state index contributed by atoms with van der Waals surface area (Å²) in [6, 6.07) is 25.1. The van der Waals surface area contributed by atoms with E-state index in [1.54, 1.807) is 7.11 Å². The van der Waals surface area contributed by atoms with Crippen molar-refractivity contribution < 1.29 is 24.2 Å². The molecule has 0 unspecified atom stereocenters. The van der Waals surface area contributed by atoms with Crippen molar-refractivity contribution in [2.45, 2.75) is 50.7 Å². The van der Waals surface area contributed by atoms with Gasteiger partial charge in [-0.05, 0) is 78.6 Å². The van der Waals surface area contributed by atoms with E-state index in [0.29, 0.717) is 24.9 Å². The molecule has 0 radical (unpaired) electrons. The number of nitrogens with zero attached hydrogens (tertiary/aromatic N) is 2. The lowest BCUT2D eigenvalue weighted by atomic mass is 9.79. The molecule has 0 bridgehead atoms. The summed E-state index contributed by atoms with van der Waals surface area (Å²) >= 11 is 0. The first kappa shape index (κ1) is 32.7. The van der Waals surface area contributed by atoms with Crippen LogP contribution in [0.15, 0.2) is 79.0 Å². The van der Waals surface area contributed by atoms with Crippen LogP contribution < -0.4 is 15.4 Å². The number of piperidine rings is 1. The van der Waals surface area contributed by atoms with Crippen molar-refractivity contribution in [3.63, 3.8) is 0 Å². The van der Waals surface area contributed by atoms with Gasteiger partial charge in [0.1, 0.15) is 5.75 Å². The maximum atomic E-state index is 14.5. The predicted molar refractivity (Wildman–Crippen MR) is 183 cm³/mol. The highest BCUT2D eigenvalue weighted by molar-refractivity contribution is 5.86. The van der Waals surface area contributed by atoms with Crippen LogP contribution in [-0.4, -0.2) is 79.0 Å². The van der Waals surface area contributed by atoms with Crippen molar-refractivity contribution in [3.05, 3.63) is 90.1 Å². The number of benzene rings is 3. The number of aromatic nitrogens is 1. The van der Waals surface area contributed by atoms with Gasteiger partial charge in [-0.2, -0.15) is 0 Å². The second kappa shape index (κ2) is 15.6. The van der Waals surface area contributed by atoms with Crippen LogP contribution in [0, 0.1) is 5.92 Å². The Balaban J connectivity index is 1.18. The molecule has 2 aliphatic rings. The third-order valence-corrected chi connectivity index (χ3v) is 9.34. The number of amides is 2. The monoisotopic (exact) mass is 638 g/mol. The maximum absolute atomic E-state index is 14.5. The minimum absolute atomic E-state index is 0.103. The Kier molecular flexibility index (Phi) is 10.9. The second-order valence-corrected chi connectivity index (χ2v) is 12.6. The molecule has 3 aromatic carbocycles. The average Bonchev–Trinajstić information content (AvgIpc) is 3.91. The van der Waals surface area contributed by atoms with Gasteiger partial charge in [0.2, 0.25) is 5.91 Å². The number of methoxy groups -OCH3 is 1. The Morgan fingerprint density at radius 1 is 1.02 bits per heavy atom. The number of fused-ring (bicyclic) bond motifs is 1. The zero-order valence-corrected chi connectivity index (χ0v) is 27.2. The lowest BCUT2D eigenvalue weighted by molar-refractivity contribution is -0.138. The van der Waals surface area contributed by atoms with Crippen molar-refractivity contribution in [3.8, 4) is 16.9 Å². The third-order valence-electron chi connectivity index (χ3n) is 9.34. The van der Waals surface area contributed by atoms with Gasteiger partial charge < -0.3 is 34.7 Å². The number of hydrogen-bond acceptors (Lipinski definition) is 6. The minimum atomic E-state index is -0.271. The normalized spacial score (nSPS) is 17.8. The minimum Gasteiger partial charge on any atom is -0.484 e. The quantitative estimate of drug-likeness (QED) is 0.163. The van der Waals surface area contributed by atoms with Crippen molar-refractivity contribution in [2.75, 3.05) is 46.6 Å². The molecule has 6 rings (SSSR count). The molecule has 1 saturated carbocycles. The van der Waals surface area contributed by atoms with E-state index in [2.05, 4.69) is 74.8 Å². The average molecular weight is 639 g/mol. The van der Waals surface area contributed by atoms with Gasteiger partial charge >= 0.3 is 0 Å². The Morgan fingerprint density at radius 2 is 1.85 bits per heavy atom. The SMILES string of the molecule is COCCCn1cc(CN(C(=O)[C@H]2CNCC[C@@H]2c2cccc(-c3ccc(OCC(=O)NCCO)cc3)c2)C2CC2)c2ccccc21. The van der Waals surface area contributed by atoms with Crippen LogP contribution in [0.1, 0.15) is 42.7 Å². The van der Waals surface area contributed by atoms with Crippen LogP contribution in [0.4, 0.5) is 0 Å². The number of ether oxygens (including phenoxy) is 2. The predicted octanol–water partition coefficient (Wildman–Crippen LogP) is 4.72. The summed E-state index contributed by atoms with van der Waals surface area (Å²) in [5.74, 6) is 0.566. The van der Waals surface area contributed by atoms with Gasteiger partial charge in [-0.3, -0.25) is 9.59 Å². The molecule has 9 nitrogen and oxygen atoms in total. The molecule has 0 spiro atoms. The number of carbonyl (C=O) groups is 2. The van der Waals surface area contributed by atoms with Gasteiger partial charge in [0, 0.05) is 63.0 Å². The zero-order chi connectivity index (χ0) is 32.6. The van der Waals surface area contributed by atoms with Crippen molar-refractivity contribution in [1.29, 1.82) is 0 Å². The molecule has 1 aliphatic heterocycles. The molecule has 1 aromatic heterocycles. The lowest BCUT2D eigenvalue weighted by Gasteiger charge is -2.36. The van der Waals surface area contributed by atoms with Crippen molar-refractivity contribution in [1.82, 2.24) is 20.1 Å². The van der Waals surface area contributed by atoms with E-state index in [4.69, 9.17) is 14.6 Å². The van der Waals surface area contributed by atoms with E-state index in [9.17, 15) is 9.59 Å². The number of hydrogen-bond donors (Lipinski definition) is 3. The maximum Gasteiger partial charge on any atom is 0.258 e. The van der Waals surface area contributed by atoms with E-state index in [1.807, 2.05) is 24.3 Å². The molecule has 3 N–H and O–H groups in total. The summed E-state index contributed by atoms with van der Waals surface area (Å²) in [6.07, 6.45) is 6.21. The van der Waals surface area contributed by atoms with Gasteiger partial charge in [-0.15, -0.1) is 0 Å². The van der Waals surface area contributed by atoms with Gasteiger partial charge in [-0.25, -0.2) is 0 Å². The highest BCUT2D eigenvalue weighted by Gasteiger charge is 2.40. The second-order valence-electron chi connectivity index (χ2n) is 12.6. The van der Waals surface area contributed by atoms with E-state index in [-0.39, 0.29) is 43.4 Å². The summed E-state index contributed by atoms with van der Waals surface area (Å²) in [5, 5.41) is 16.2. The molecule has 2 heterocycles. The van der Waals surface area contributed by atoms with Crippen molar-refractivity contribution in [2.24, 2.45) is 5.92 Å². The topological polar surface area (TPSA) is 105 Å². The molecule has 9 heteroatoms. The number of rotatable bonds is 15. The smallest absolute Gasteiger partial charge is 0.258 e. The van der Waals surface area contributed by atoms with Crippen LogP contribution in [0.3, 0.4) is 0 Å². The highest BCUT2D eigenvalue weighted by atomic mass is 16.5. The molecule has 47 heavy (non-hydrogen) atoms. The first-order valence-electron chi connectivity index (χ1n) is 16.8. The molecule has 4 aromatic rings. The van der Waals surface area contributed by atoms with E-state index in [0.717, 1.165) is 56.5 Å². The summed E-state index contributed by atoms with van der Waals surface area (Å²) in [6.45, 7) is 3.79. The summed E-state index contributed by atoms with van der Waals surface area (Å²) < 4.78 is 13.2. The summed E-state index contributed by atoms with van der Waals surface area (Å²) in [4.78, 5) is 28.5. The first-order valence-corrected chi connectivity index (χ1v) is 16.8. The molecule has 1 saturated heterocycles. The van der Waals surface area contributed by atoms with Gasteiger partial charge in [0.25, 0.3) is 5.91 Å². The zero-order valence-electron chi connectivity index (χ0n) is 27.2. The fourth-order valence-corrected chi connectivity index (χ4v) is 6.79. The number of carbonyl (C=O) groups excluding carboxylic acids is 2. The molecule has 2 fully saturated rings. The van der Waals surface area contributed by atoms with Crippen LogP contribution in [-0.2, 0) is 27.4 Å². The van der Waals surface area contributed by atoms with E-state index in [1.165, 1.54) is 22.0 Å². The Labute approximate surface area is 276 Å². The van der Waals surface area contributed by atoms with Crippen LogP contribution in [0.5, 0.6) is 5.75 Å². The number of aliphatic hydroxyl groups is 1. The Hall–Kier alpha value is -4.18. The van der Waals surface area contributed by atoms with Crippen LogP contribution in [0.25, 0.3) is 22.0 Å². The number of aryl methyl sites for hydroxylation is 1. The molecular weight excluding hydrogens is 592 g/mol. The summed E-state index contributed by atoms with van der Waals surface area (Å²) in [7, 11) is 1.74. The van der Waals surface area contributed by atoms with E-state index >= 15 is 0 Å². The number of nitrogens with one attached hydrogen (secondary N) is 2. The molecular formula is C38H46N4O5. The van der Waals surface area contributed by atoms with Crippen LogP contribution in [0.2, 0.25) is 0 Å². The van der Waals surface area contributed by atoms with Crippen molar-refractivity contribution >= 4 is 22.7 Å². The largest absolute Gasteiger partial charge is 0.484 e. The molecule has 248 valence electrons. The highest BCUT2D eigenvalue weighted by Crippen LogP contribution is 2.38. The fourth-order valence-electron chi connectivity index (χ4n) is 6.79. The molecule has 2 atom stereocenters. The number of aliphatic hydroxyl groups excluding tert-OH is 1. The first-order chi connectivity index (χ1) is 23.1. The fraction of sp³-hybridized carbons (Fsp3) is 0.421. The van der Waals surface area contributed by atoms with Gasteiger partial charge in [-0.1, -0.05) is 54.6 Å². The van der Waals surface area contributed by atoms with Crippen LogP contribution >= 0.6 is 0 Å². The standard InChI is InChI=1S/C38H46N4O5/c1-46-21-5-19-41-24-30(34-8-2-3-9-36(34)41)25-42(31-12-13-31)38(45)35-23-39-17-16-33(35)29-7-4-6-28(22-29)27-10-14-32(15-11-27)47-26-37(44)40-18-20-43/h2-4,6-11,14-15,22,24,31,33,35,39,43H,5,12-13,16-21,23,25-26H2,1H3,(H,40,44)/t33-,35+/m1/s1. The Bertz CT molecular complexity index is 1650. The van der Waals surface area contributed by atoms with Gasteiger partial charge in [0.05, 0.1) is 12.5 Å². The van der Waals surface area contributed by atoms with Gasteiger partial charge in [0.15, 0.2) is 6.61 Å². The molecule has 2 amide bonds. The Morgan fingerprint density at radius 3 is 2.64 bits per heavy atom.